The van der Waals surface area contributed by atoms with Crippen LogP contribution in [0, 0.1) is 5.92 Å². The van der Waals surface area contributed by atoms with E-state index in [9.17, 15) is 4.79 Å². The molecule has 1 unspecified atom stereocenters. The van der Waals surface area contributed by atoms with E-state index in [2.05, 4.69) is 42.2 Å². The Morgan fingerprint density at radius 2 is 2.07 bits per heavy atom. The summed E-state index contributed by atoms with van der Waals surface area (Å²) in [7, 11) is 2.18. The molecule has 0 aromatic heterocycles. The molecule has 6 heteroatoms. The van der Waals surface area contributed by atoms with Crippen LogP contribution in [0.1, 0.15) is 51.0 Å². The molecule has 0 aliphatic carbocycles. The SMILES string of the molecule is CCC(CCOC1=NOCC1)CCN(C)CCCN1C(=O)CCc2ccccc21. The zero-order valence-corrected chi connectivity index (χ0v) is 17.9. The first-order valence-corrected chi connectivity index (χ1v) is 11.1. The number of aryl methyl sites for hydroxylation is 1. The quantitative estimate of drug-likeness (QED) is 0.565. The molecule has 2 aliphatic heterocycles. The van der Waals surface area contributed by atoms with Gasteiger partial charge in [0.05, 0.1) is 13.0 Å². The maximum absolute atomic E-state index is 12.4. The lowest BCUT2D eigenvalue weighted by molar-refractivity contribution is -0.118. The van der Waals surface area contributed by atoms with Crippen LogP contribution >= 0.6 is 0 Å². The average molecular weight is 402 g/mol. The Hall–Kier alpha value is -2.08. The third-order valence-corrected chi connectivity index (χ3v) is 5.98. The van der Waals surface area contributed by atoms with Gasteiger partial charge in [-0.2, -0.15) is 0 Å². The summed E-state index contributed by atoms with van der Waals surface area (Å²) in [5.41, 5.74) is 2.40. The number of ether oxygens (including phenoxy) is 1. The summed E-state index contributed by atoms with van der Waals surface area (Å²) in [4.78, 5) is 21.7. The molecule has 2 aliphatic rings. The summed E-state index contributed by atoms with van der Waals surface area (Å²) in [6, 6.07) is 8.30. The molecule has 3 rings (SSSR count). The van der Waals surface area contributed by atoms with E-state index >= 15 is 0 Å². The van der Waals surface area contributed by atoms with Crippen LogP contribution in [0.4, 0.5) is 5.69 Å². The fourth-order valence-corrected chi connectivity index (χ4v) is 4.05. The predicted molar refractivity (Wildman–Crippen MR) is 116 cm³/mol. The highest BCUT2D eigenvalue weighted by Crippen LogP contribution is 2.27. The van der Waals surface area contributed by atoms with Gasteiger partial charge in [-0.1, -0.05) is 36.7 Å². The number of oxime groups is 1. The van der Waals surface area contributed by atoms with E-state index < -0.39 is 0 Å². The number of nitrogens with zero attached hydrogens (tertiary/aromatic N) is 3. The maximum atomic E-state index is 12.4. The van der Waals surface area contributed by atoms with Gasteiger partial charge in [-0.25, -0.2) is 0 Å². The molecule has 0 saturated heterocycles. The van der Waals surface area contributed by atoms with Crippen LogP contribution in [0.5, 0.6) is 0 Å². The van der Waals surface area contributed by atoms with E-state index in [1.807, 2.05) is 11.0 Å². The Labute approximate surface area is 174 Å². The van der Waals surface area contributed by atoms with Crippen molar-refractivity contribution in [3.05, 3.63) is 29.8 Å². The molecule has 29 heavy (non-hydrogen) atoms. The summed E-state index contributed by atoms with van der Waals surface area (Å²) in [6.45, 7) is 6.50. The zero-order chi connectivity index (χ0) is 20.5. The molecule has 0 saturated carbocycles. The average Bonchev–Trinajstić information content (AvgIpc) is 3.25. The first-order valence-electron chi connectivity index (χ1n) is 11.1. The van der Waals surface area contributed by atoms with E-state index in [4.69, 9.17) is 9.57 Å². The first kappa shape index (κ1) is 21.6. The summed E-state index contributed by atoms with van der Waals surface area (Å²) < 4.78 is 5.69. The maximum Gasteiger partial charge on any atom is 0.229 e. The number of rotatable bonds is 11. The van der Waals surface area contributed by atoms with E-state index in [0.29, 0.717) is 18.9 Å². The molecule has 1 aromatic carbocycles. The molecule has 1 atom stereocenters. The van der Waals surface area contributed by atoms with Crippen LogP contribution in [-0.2, 0) is 20.8 Å². The van der Waals surface area contributed by atoms with Gasteiger partial charge in [-0.15, -0.1) is 0 Å². The van der Waals surface area contributed by atoms with Gasteiger partial charge in [0.15, 0.2) is 0 Å². The second kappa shape index (κ2) is 11.2. The Morgan fingerprint density at radius 1 is 1.21 bits per heavy atom. The Bertz CT molecular complexity index is 692. The predicted octanol–water partition coefficient (Wildman–Crippen LogP) is 3.84. The van der Waals surface area contributed by atoms with Crippen molar-refractivity contribution >= 4 is 17.5 Å². The lowest BCUT2D eigenvalue weighted by Crippen LogP contribution is -2.37. The van der Waals surface area contributed by atoms with Crippen molar-refractivity contribution in [2.45, 2.75) is 51.9 Å². The summed E-state index contributed by atoms with van der Waals surface area (Å²) in [6.07, 6.45) is 6.69. The standard InChI is InChI=1S/C23H35N3O3/c1-3-19(12-17-28-22-13-18-29-24-22)11-16-25(2)14-6-15-26-21-8-5-4-7-20(21)9-10-23(26)27/h4-5,7-8,19H,3,6,9-18H2,1-2H3. The van der Waals surface area contributed by atoms with Gasteiger partial charge in [-0.3, -0.25) is 4.79 Å². The second-order valence-electron chi connectivity index (χ2n) is 8.10. The number of para-hydroxylation sites is 1. The largest absolute Gasteiger partial charge is 0.479 e. The lowest BCUT2D eigenvalue weighted by atomic mass is 9.98. The molecular formula is C23H35N3O3. The van der Waals surface area contributed by atoms with Crippen LogP contribution < -0.4 is 4.90 Å². The van der Waals surface area contributed by atoms with Gasteiger partial charge < -0.3 is 19.4 Å². The minimum Gasteiger partial charge on any atom is -0.479 e. The van der Waals surface area contributed by atoms with Crippen molar-refractivity contribution in [1.82, 2.24) is 4.90 Å². The smallest absolute Gasteiger partial charge is 0.229 e. The van der Waals surface area contributed by atoms with Crippen molar-refractivity contribution in [2.24, 2.45) is 11.1 Å². The minimum absolute atomic E-state index is 0.259. The highest BCUT2D eigenvalue weighted by molar-refractivity contribution is 5.96. The topological polar surface area (TPSA) is 54.4 Å². The molecule has 1 aromatic rings. The van der Waals surface area contributed by atoms with Crippen molar-refractivity contribution in [1.29, 1.82) is 0 Å². The van der Waals surface area contributed by atoms with E-state index in [1.54, 1.807) is 0 Å². The molecule has 0 bridgehead atoms. The summed E-state index contributed by atoms with van der Waals surface area (Å²) in [5, 5.41) is 3.88. The molecule has 6 nitrogen and oxygen atoms in total. The molecule has 160 valence electrons. The molecule has 0 N–H and O–H groups in total. The van der Waals surface area contributed by atoms with E-state index in [1.165, 1.54) is 18.4 Å². The molecule has 2 heterocycles. The van der Waals surface area contributed by atoms with Crippen molar-refractivity contribution in [3.63, 3.8) is 0 Å². The Morgan fingerprint density at radius 3 is 2.86 bits per heavy atom. The van der Waals surface area contributed by atoms with Crippen LogP contribution in [-0.4, -0.2) is 56.6 Å². The number of benzene rings is 1. The van der Waals surface area contributed by atoms with Gasteiger partial charge in [0.1, 0.15) is 6.61 Å². The number of hydrogen-bond acceptors (Lipinski definition) is 5. The van der Waals surface area contributed by atoms with Crippen molar-refractivity contribution in [3.8, 4) is 0 Å². The molecule has 1 amide bonds. The number of carbonyl (C=O) groups excluding carboxylic acids is 1. The zero-order valence-electron chi connectivity index (χ0n) is 17.9. The summed E-state index contributed by atoms with van der Waals surface area (Å²) in [5.74, 6) is 1.66. The highest BCUT2D eigenvalue weighted by atomic mass is 16.7. The minimum atomic E-state index is 0.259. The lowest BCUT2D eigenvalue weighted by Gasteiger charge is -2.30. The highest BCUT2D eigenvalue weighted by Gasteiger charge is 2.23. The van der Waals surface area contributed by atoms with E-state index in [-0.39, 0.29) is 5.91 Å². The monoisotopic (exact) mass is 401 g/mol. The normalized spacial score (nSPS) is 17.1. The third kappa shape index (κ3) is 6.46. The molecule has 0 fully saturated rings. The number of amides is 1. The summed E-state index contributed by atoms with van der Waals surface area (Å²) >= 11 is 0. The van der Waals surface area contributed by atoms with Crippen LogP contribution in [0.2, 0.25) is 0 Å². The molecule has 0 spiro atoms. The Balaban J connectivity index is 1.34. The fraction of sp³-hybridized carbons (Fsp3) is 0.652. The van der Waals surface area contributed by atoms with Gasteiger partial charge >= 0.3 is 0 Å². The van der Waals surface area contributed by atoms with Crippen LogP contribution in [0.25, 0.3) is 0 Å². The second-order valence-corrected chi connectivity index (χ2v) is 8.10. The van der Waals surface area contributed by atoms with Crippen molar-refractivity contribution < 1.29 is 14.4 Å². The van der Waals surface area contributed by atoms with Crippen molar-refractivity contribution in [2.75, 3.05) is 44.8 Å². The van der Waals surface area contributed by atoms with Gasteiger partial charge in [-0.05, 0) is 63.4 Å². The van der Waals surface area contributed by atoms with E-state index in [0.717, 1.165) is 63.5 Å². The van der Waals surface area contributed by atoms with Gasteiger partial charge in [0.2, 0.25) is 11.8 Å². The molecular weight excluding hydrogens is 366 g/mol. The van der Waals surface area contributed by atoms with Crippen LogP contribution in [0.15, 0.2) is 29.4 Å². The van der Waals surface area contributed by atoms with Gasteiger partial charge in [0, 0.05) is 18.7 Å². The fourth-order valence-electron chi connectivity index (χ4n) is 4.05. The number of fused-ring (bicyclic) bond motifs is 1. The van der Waals surface area contributed by atoms with Crippen LogP contribution in [0.3, 0.4) is 0 Å². The number of anilines is 1. The first-order chi connectivity index (χ1) is 14.2. The third-order valence-electron chi connectivity index (χ3n) is 5.98. The van der Waals surface area contributed by atoms with Gasteiger partial charge in [0.25, 0.3) is 0 Å². The Kier molecular flexibility index (Phi) is 8.35. The number of hydrogen-bond donors (Lipinski definition) is 0. The number of carbonyl (C=O) groups is 1. The molecule has 0 radical (unpaired) electrons.